The lowest BCUT2D eigenvalue weighted by Crippen LogP contribution is -2.11. The van der Waals surface area contributed by atoms with Crippen LogP contribution in [0.3, 0.4) is 0 Å². The van der Waals surface area contributed by atoms with Crippen molar-refractivity contribution in [1.29, 1.82) is 0 Å². The fourth-order valence-corrected chi connectivity index (χ4v) is 3.53. The molecule has 2 bridgehead atoms. The van der Waals surface area contributed by atoms with Crippen molar-refractivity contribution in [3.8, 4) is 0 Å². The Balaban J connectivity index is 1.70. The van der Waals surface area contributed by atoms with Crippen molar-refractivity contribution < 1.29 is 0 Å². The largest absolute Gasteiger partial charge is 0.103 e. The van der Waals surface area contributed by atoms with E-state index in [1.165, 1.54) is 51.4 Å². The first kappa shape index (κ1) is 12.7. The Morgan fingerprint density at radius 2 is 2.18 bits per heavy atom. The summed E-state index contributed by atoms with van der Waals surface area (Å²) in [5, 5.41) is 0. The van der Waals surface area contributed by atoms with Crippen LogP contribution in [-0.4, -0.2) is 0 Å². The van der Waals surface area contributed by atoms with Crippen molar-refractivity contribution in [2.45, 2.75) is 58.3 Å². The summed E-state index contributed by atoms with van der Waals surface area (Å²) in [7, 11) is 0. The fourth-order valence-electron chi connectivity index (χ4n) is 3.53. The summed E-state index contributed by atoms with van der Waals surface area (Å²) in [6.45, 7) is 5.97. The Hall–Kier alpha value is -0.780. The van der Waals surface area contributed by atoms with Gasteiger partial charge in [0.15, 0.2) is 0 Å². The SMILES string of the molecule is C=CCCCCCCC12C=CC(C1)C(=CC)C2. The van der Waals surface area contributed by atoms with E-state index in [0.717, 1.165) is 5.92 Å². The second-order valence-corrected chi connectivity index (χ2v) is 5.81. The predicted octanol–water partition coefficient (Wildman–Crippen LogP) is 5.43. The van der Waals surface area contributed by atoms with Crippen LogP contribution in [0.5, 0.6) is 0 Å². The Morgan fingerprint density at radius 1 is 1.35 bits per heavy atom. The zero-order valence-electron chi connectivity index (χ0n) is 11.3. The fraction of sp³-hybridized carbons (Fsp3) is 0.647. The van der Waals surface area contributed by atoms with Gasteiger partial charge in [0.2, 0.25) is 0 Å². The molecule has 0 radical (unpaired) electrons. The summed E-state index contributed by atoms with van der Waals surface area (Å²) < 4.78 is 0. The van der Waals surface area contributed by atoms with Gasteiger partial charge in [-0.2, -0.15) is 0 Å². The number of unbranched alkanes of at least 4 members (excludes halogenated alkanes) is 4. The lowest BCUT2D eigenvalue weighted by atomic mass is 9.81. The van der Waals surface area contributed by atoms with Gasteiger partial charge in [-0.05, 0) is 50.4 Å². The molecule has 2 atom stereocenters. The van der Waals surface area contributed by atoms with Crippen LogP contribution in [0.4, 0.5) is 0 Å². The van der Waals surface area contributed by atoms with Crippen LogP contribution in [0.15, 0.2) is 36.5 Å². The van der Waals surface area contributed by atoms with Gasteiger partial charge in [-0.15, -0.1) is 6.58 Å². The van der Waals surface area contributed by atoms with E-state index in [1.807, 2.05) is 6.08 Å². The van der Waals surface area contributed by atoms with Crippen LogP contribution in [0, 0.1) is 11.3 Å². The van der Waals surface area contributed by atoms with E-state index in [4.69, 9.17) is 0 Å². The molecule has 0 amide bonds. The summed E-state index contributed by atoms with van der Waals surface area (Å²) in [4.78, 5) is 0. The van der Waals surface area contributed by atoms with E-state index in [9.17, 15) is 0 Å². The lowest BCUT2D eigenvalue weighted by molar-refractivity contribution is 0.356. The number of allylic oxidation sites excluding steroid dienone is 5. The van der Waals surface area contributed by atoms with Crippen LogP contribution in [-0.2, 0) is 0 Å². The summed E-state index contributed by atoms with van der Waals surface area (Å²) >= 11 is 0. The average Bonchev–Trinajstić information content (AvgIpc) is 2.91. The van der Waals surface area contributed by atoms with Crippen LogP contribution >= 0.6 is 0 Å². The maximum Gasteiger partial charge on any atom is -0.00145 e. The highest BCUT2D eigenvalue weighted by Crippen LogP contribution is 2.54. The van der Waals surface area contributed by atoms with Gasteiger partial charge in [-0.1, -0.05) is 49.1 Å². The first-order valence-corrected chi connectivity index (χ1v) is 7.25. The molecule has 1 fully saturated rings. The molecule has 0 aliphatic heterocycles. The Kier molecular flexibility index (Phi) is 4.25. The summed E-state index contributed by atoms with van der Waals surface area (Å²) in [6.07, 6.45) is 20.2. The molecule has 0 heteroatoms. The molecule has 94 valence electrons. The third kappa shape index (κ3) is 2.91. The summed E-state index contributed by atoms with van der Waals surface area (Å²) in [5.41, 5.74) is 2.25. The number of rotatable bonds is 7. The number of hydrogen-bond donors (Lipinski definition) is 0. The van der Waals surface area contributed by atoms with E-state index in [-0.39, 0.29) is 0 Å². The van der Waals surface area contributed by atoms with Crippen LogP contribution in [0.1, 0.15) is 58.3 Å². The van der Waals surface area contributed by atoms with E-state index >= 15 is 0 Å². The van der Waals surface area contributed by atoms with Crippen LogP contribution in [0.2, 0.25) is 0 Å². The first-order chi connectivity index (χ1) is 8.29. The third-order valence-electron chi connectivity index (χ3n) is 4.54. The molecule has 2 aliphatic carbocycles. The van der Waals surface area contributed by atoms with E-state index in [1.54, 1.807) is 5.57 Å². The van der Waals surface area contributed by atoms with Crippen molar-refractivity contribution in [2.75, 3.05) is 0 Å². The second kappa shape index (κ2) is 5.71. The van der Waals surface area contributed by atoms with Gasteiger partial charge in [0.1, 0.15) is 0 Å². The van der Waals surface area contributed by atoms with Gasteiger partial charge in [-0.3, -0.25) is 0 Å². The Labute approximate surface area is 106 Å². The molecule has 2 unspecified atom stereocenters. The van der Waals surface area contributed by atoms with Crippen molar-refractivity contribution in [1.82, 2.24) is 0 Å². The van der Waals surface area contributed by atoms with E-state index in [0.29, 0.717) is 5.41 Å². The molecule has 0 aromatic rings. The molecule has 0 heterocycles. The lowest BCUT2D eigenvalue weighted by Gasteiger charge is -2.23. The molecule has 0 nitrogen and oxygen atoms in total. The normalized spacial score (nSPS) is 32.5. The number of hydrogen-bond acceptors (Lipinski definition) is 0. The molecule has 0 N–H and O–H groups in total. The van der Waals surface area contributed by atoms with Crippen LogP contribution in [0.25, 0.3) is 0 Å². The second-order valence-electron chi connectivity index (χ2n) is 5.81. The quantitative estimate of drug-likeness (QED) is 0.404. The minimum atomic E-state index is 0.560. The molecule has 2 aliphatic rings. The highest BCUT2D eigenvalue weighted by atomic mass is 14.5. The highest BCUT2D eigenvalue weighted by molar-refractivity contribution is 5.31. The summed E-state index contributed by atoms with van der Waals surface area (Å²) in [5.74, 6) is 0.792. The van der Waals surface area contributed by atoms with Crippen molar-refractivity contribution in [2.24, 2.45) is 11.3 Å². The number of fused-ring (bicyclic) bond motifs is 2. The topological polar surface area (TPSA) is 0 Å². The van der Waals surface area contributed by atoms with Crippen molar-refractivity contribution in [3.05, 3.63) is 36.5 Å². The smallest absolute Gasteiger partial charge is 0.00145 e. The molecule has 0 spiro atoms. The van der Waals surface area contributed by atoms with Gasteiger partial charge < -0.3 is 0 Å². The minimum absolute atomic E-state index is 0.560. The van der Waals surface area contributed by atoms with Gasteiger partial charge in [0, 0.05) is 0 Å². The molecule has 0 aromatic carbocycles. The molecule has 1 saturated carbocycles. The van der Waals surface area contributed by atoms with Crippen LogP contribution < -0.4 is 0 Å². The maximum atomic E-state index is 3.77. The van der Waals surface area contributed by atoms with Crippen molar-refractivity contribution in [3.63, 3.8) is 0 Å². The minimum Gasteiger partial charge on any atom is -0.103 e. The third-order valence-corrected chi connectivity index (χ3v) is 4.54. The Bertz CT molecular complexity index is 321. The summed E-state index contributed by atoms with van der Waals surface area (Å²) in [6, 6.07) is 0. The molecular formula is C17H26. The maximum absolute atomic E-state index is 3.77. The zero-order valence-corrected chi connectivity index (χ0v) is 11.3. The standard InChI is InChI=1S/C17H26/c1-3-5-6-7-8-9-11-17-12-10-16(14-17)15(4-2)13-17/h3-4,10,12,16H,1,5-9,11,13-14H2,2H3. The van der Waals surface area contributed by atoms with Gasteiger partial charge in [-0.25, -0.2) is 0 Å². The van der Waals surface area contributed by atoms with Gasteiger partial charge in [0.25, 0.3) is 0 Å². The molecule has 2 rings (SSSR count). The molecule has 17 heavy (non-hydrogen) atoms. The van der Waals surface area contributed by atoms with Gasteiger partial charge >= 0.3 is 0 Å². The highest BCUT2D eigenvalue weighted by Gasteiger charge is 2.42. The van der Waals surface area contributed by atoms with E-state index in [2.05, 4.69) is 31.7 Å². The van der Waals surface area contributed by atoms with E-state index < -0.39 is 0 Å². The monoisotopic (exact) mass is 230 g/mol. The van der Waals surface area contributed by atoms with Gasteiger partial charge in [0.05, 0.1) is 0 Å². The van der Waals surface area contributed by atoms with Crippen molar-refractivity contribution >= 4 is 0 Å². The first-order valence-electron chi connectivity index (χ1n) is 7.25. The molecule has 0 aromatic heterocycles. The Morgan fingerprint density at radius 3 is 2.88 bits per heavy atom. The average molecular weight is 230 g/mol. The zero-order chi connectivity index (χ0) is 12.1. The molecular weight excluding hydrogens is 204 g/mol. The molecule has 0 saturated heterocycles. The predicted molar refractivity (Wildman–Crippen MR) is 76.0 cm³/mol.